The summed E-state index contributed by atoms with van der Waals surface area (Å²) in [6.07, 6.45) is 1.28. The van der Waals surface area contributed by atoms with E-state index in [1.54, 1.807) is 0 Å². The Labute approximate surface area is 128 Å². The zero-order valence-corrected chi connectivity index (χ0v) is 14.5. The van der Waals surface area contributed by atoms with Crippen LogP contribution in [0.3, 0.4) is 0 Å². The summed E-state index contributed by atoms with van der Waals surface area (Å²) in [5.74, 6) is 0.766. The summed E-state index contributed by atoms with van der Waals surface area (Å²) in [6, 6.07) is 5.70. The summed E-state index contributed by atoms with van der Waals surface area (Å²) >= 11 is 1.88. The van der Waals surface area contributed by atoms with Gasteiger partial charge in [-0.1, -0.05) is 40.7 Å². The molecule has 1 aliphatic heterocycles. The maximum atomic E-state index is 3.78. The molecule has 2 rings (SSSR count). The van der Waals surface area contributed by atoms with Gasteiger partial charge in [-0.05, 0) is 29.2 Å². The van der Waals surface area contributed by atoms with Gasteiger partial charge in [0.1, 0.15) is 0 Å². The second-order valence-corrected chi connectivity index (χ2v) is 8.66. The normalized spacial score (nSPS) is 25.3. The van der Waals surface area contributed by atoms with Crippen LogP contribution in [-0.4, -0.2) is 30.1 Å². The lowest BCUT2D eigenvalue weighted by Gasteiger charge is -2.46. The van der Waals surface area contributed by atoms with E-state index in [4.69, 9.17) is 0 Å². The van der Waals surface area contributed by atoms with Gasteiger partial charge in [0, 0.05) is 36.6 Å². The predicted octanol–water partition coefficient (Wildman–Crippen LogP) is 3.98. The molecule has 0 amide bonds. The van der Waals surface area contributed by atoms with Gasteiger partial charge in [-0.2, -0.15) is 0 Å². The van der Waals surface area contributed by atoms with Crippen LogP contribution >= 0.6 is 11.3 Å². The van der Waals surface area contributed by atoms with Crippen molar-refractivity contribution >= 4 is 11.3 Å². The van der Waals surface area contributed by atoms with E-state index < -0.39 is 0 Å². The van der Waals surface area contributed by atoms with Gasteiger partial charge in [0.25, 0.3) is 0 Å². The number of piperazine rings is 1. The Morgan fingerprint density at radius 2 is 2.15 bits per heavy atom. The molecule has 0 aliphatic carbocycles. The molecule has 1 aromatic rings. The Morgan fingerprint density at radius 1 is 1.40 bits per heavy atom. The van der Waals surface area contributed by atoms with E-state index in [-0.39, 0.29) is 0 Å². The maximum Gasteiger partial charge on any atom is 0.0332 e. The monoisotopic (exact) mass is 294 g/mol. The molecule has 2 unspecified atom stereocenters. The molecule has 0 spiro atoms. The topological polar surface area (TPSA) is 15.3 Å². The third-order valence-electron chi connectivity index (χ3n) is 4.19. The smallest absolute Gasteiger partial charge is 0.0332 e. The Morgan fingerprint density at radius 3 is 2.70 bits per heavy atom. The van der Waals surface area contributed by atoms with E-state index in [1.165, 1.54) is 17.8 Å². The van der Waals surface area contributed by atoms with Crippen molar-refractivity contribution in [1.82, 2.24) is 10.2 Å². The van der Waals surface area contributed by atoms with E-state index in [0.717, 1.165) is 19.0 Å². The van der Waals surface area contributed by atoms with Crippen molar-refractivity contribution < 1.29 is 0 Å². The number of nitrogens with one attached hydrogen (secondary N) is 1. The van der Waals surface area contributed by atoms with Crippen molar-refractivity contribution in [2.45, 2.75) is 59.7 Å². The molecular formula is C17H30N2S. The molecule has 2 atom stereocenters. The van der Waals surface area contributed by atoms with E-state index in [9.17, 15) is 0 Å². The standard InChI is InChI=1S/C17H30N2S/c1-13(2)9-14-11-19(12-15-7-6-8-20-15)16(10-18-14)17(3,4)5/h6-8,13-14,16,18H,9-12H2,1-5H3. The summed E-state index contributed by atoms with van der Waals surface area (Å²) in [4.78, 5) is 4.19. The summed E-state index contributed by atoms with van der Waals surface area (Å²) < 4.78 is 0. The average Bonchev–Trinajstić information content (AvgIpc) is 2.79. The second kappa shape index (κ2) is 6.59. The Bertz CT molecular complexity index is 392. The highest BCUT2D eigenvalue weighted by Crippen LogP contribution is 2.29. The zero-order valence-electron chi connectivity index (χ0n) is 13.6. The van der Waals surface area contributed by atoms with Gasteiger partial charge in [-0.25, -0.2) is 0 Å². The fraction of sp³-hybridized carbons (Fsp3) is 0.765. The first-order chi connectivity index (χ1) is 9.36. The van der Waals surface area contributed by atoms with Crippen molar-refractivity contribution in [2.24, 2.45) is 11.3 Å². The summed E-state index contributed by atoms with van der Waals surface area (Å²) in [5.41, 5.74) is 0.326. The molecule has 1 saturated heterocycles. The SMILES string of the molecule is CC(C)CC1CN(Cc2cccs2)C(C(C)(C)C)CN1. The number of hydrogen-bond donors (Lipinski definition) is 1. The largest absolute Gasteiger partial charge is 0.311 e. The molecule has 1 aliphatic rings. The van der Waals surface area contributed by atoms with Gasteiger partial charge in [-0.15, -0.1) is 11.3 Å². The molecule has 0 radical (unpaired) electrons. The van der Waals surface area contributed by atoms with Crippen molar-refractivity contribution in [1.29, 1.82) is 0 Å². The molecule has 2 nitrogen and oxygen atoms in total. The lowest BCUT2D eigenvalue weighted by atomic mass is 9.83. The summed E-state index contributed by atoms with van der Waals surface area (Å²) in [5, 5.41) is 5.97. The Hall–Kier alpha value is -0.380. The molecule has 20 heavy (non-hydrogen) atoms. The molecule has 114 valence electrons. The fourth-order valence-electron chi connectivity index (χ4n) is 3.24. The van der Waals surface area contributed by atoms with E-state index in [1.807, 2.05) is 11.3 Å². The maximum absolute atomic E-state index is 3.78. The van der Waals surface area contributed by atoms with Gasteiger partial charge < -0.3 is 5.32 Å². The molecule has 3 heteroatoms. The van der Waals surface area contributed by atoms with E-state index in [2.05, 4.69) is 62.3 Å². The second-order valence-electron chi connectivity index (χ2n) is 7.63. The summed E-state index contributed by atoms with van der Waals surface area (Å²) in [6.45, 7) is 15.1. The van der Waals surface area contributed by atoms with E-state index in [0.29, 0.717) is 17.5 Å². The minimum Gasteiger partial charge on any atom is -0.311 e. The molecule has 0 bridgehead atoms. The number of hydrogen-bond acceptors (Lipinski definition) is 3. The van der Waals surface area contributed by atoms with Crippen LogP contribution < -0.4 is 5.32 Å². The van der Waals surface area contributed by atoms with Crippen molar-refractivity contribution in [3.05, 3.63) is 22.4 Å². The van der Waals surface area contributed by atoms with Crippen molar-refractivity contribution in [3.63, 3.8) is 0 Å². The quantitative estimate of drug-likeness (QED) is 0.903. The highest BCUT2D eigenvalue weighted by molar-refractivity contribution is 7.09. The lowest BCUT2D eigenvalue weighted by Crippen LogP contribution is -2.60. The highest BCUT2D eigenvalue weighted by atomic mass is 32.1. The van der Waals surface area contributed by atoms with Gasteiger partial charge in [0.05, 0.1) is 0 Å². The van der Waals surface area contributed by atoms with Crippen LogP contribution in [-0.2, 0) is 6.54 Å². The lowest BCUT2D eigenvalue weighted by molar-refractivity contribution is 0.0460. The number of thiophene rings is 1. The van der Waals surface area contributed by atoms with Crippen LogP contribution in [0, 0.1) is 11.3 Å². The minimum absolute atomic E-state index is 0.326. The number of rotatable bonds is 4. The third-order valence-corrected chi connectivity index (χ3v) is 5.05. The van der Waals surface area contributed by atoms with Crippen molar-refractivity contribution in [2.75, 3.05) is 13.1 Å². The van der Waals surface area contributed by atoms with Crippen LogP contribution in [0.15, 0.2) is 17.5 Å². The zero-order chi connectivity index (χ0) is 14.8. The van der Waals surface area contributed by atoms with Gasteiger partial charge in [0.2, 0.25) is 0 Å². The fourth-order valence-corrected chi connectivity index (χ4v) is 3.97. The molecule has 1 N–H and O–H groups in total. The van der Waals surface area contributed by atoms with Gasteiger partial charge in [0.15, 0.2) is 0 Å². The first kappa shape index (κ1) is 16.0. The Kier molecular flexibility index (Phi) is 5.27. The number of nitrogens with zero attached hydrogens (tertiary/aromatic N) is 1. The highest BCUT2D eigenvalue weighted by Gasteiger charge is 2.35. The first-order valence-corrected chi connectivity index (χ1v) is 8.74. The third kappa shape index (κ3) is 4.31. The molecular weight excluding hydrogens is 264 g/mol. The Balaban J connectivity index is 2.06. The summed E-state index contributed by atoms with van der Waals surface area (Å²) in [7, 11) is 0. The minimum atomic E-state index is 0.326. The molecule has 1 fully saturated rings. The van der Waals surface area contributed by atoms with Gasteiger partial charge in [-0.3, -0.25) is 4.90 Å². The van der Waals surface area contributed by atoms with Crippen molar-refractivity contribution in [3.8, 4) is 0 Å². The van der Waals surface area contributed by atoms with Crippen LogP contribution in [0.4, 0.5) is 0 Å². The van der Waals surface area contributed by atoms with Crippen LogP contribution in [0.5, 0.6) is 0 Å². The van der Waals surface area contributed by atoms with Gasteiger partial charge >= 0.3 is 0 Å². The van der Waals surface area contributed by atoms with Crippen LogP contribution in [0.2, 0.25) is 0 Å². The molecule has 1 aromatic heterocycles. The molecule has 0 saturated carbocycles. The van der Waals surface area contributed by atoms with Crippen LogP contribution in [0.25, 0.3) is 0 Å². The predicted molar refractivity (Wildman–Crippen MR) is 89.2 cm³/mol. The first-order valence-electron chi connectivity index (χ1n) is 7.86. The molecule has 2 heterocycles. The van der Waals surface area contributed by atoms with Crippen LogP contribution in [0.1, 0.15) is 45.9 Å². The van der Waals surface area contributed by atoms with E-state index >= 15 is 0 Å². The average molecular weight is 295 g/mol. The molecule has 0 aromatic carbocycles.